The van der Waals surface area contributed by atoms with Crippen molar-refractivity contribution in [3.8, 4) is 11.1 Å². The van der Waals surface area contributed by atoms with Gasteiger partial charge in [-0.05, 0) is 17.7 Å². The minimum absolute atomic E-state index is 0.0111. The summed E-state index contributed by atoms with van der Waals surface area (Å²) >= 11 is 0. The number of aromatic amines is 1. The van der Waals surface area contributed by atoms with Crippen LogP contribution < -0.4 is 5.43 Å². The summed E-state index contributed by atoms with van der Waals surface area (Å²) in [5.41, 5.74) is 3.94. The minimum Gasteiger partial charge on any atom is -0.461 e. The molecular weight excluding hydrogens is 298 g/mol. The van der Waals surface area contributed by atoms with Gasteiger partial charge in [-0.3, -0.25) is 4.79 Å². The molecule has 0 fully saturated rings. The first-order valence-electron chi connectivity index (χ1n) is 7.83. The van der Waals surface area contributed by atoms with E-state index in [9.17, 15) is 4.79 Å². The molecule has 5 aromatic rings. The molecule has 0 bridgehead atoms. The number of hydrogen-bond donors (Lipinski definition) is 1. The largest absolute Gasteiger partial charge is 0.461 e. The summed E-state index contributed by atoms with van der Waals surface area (Å²) in [5, 5.41) is 2.79. The van der Waals surface area contributed by atoms with Crippen LogP contribution in [-0.2, 0) is 0 Å². The molecular formula is C21H13NO2. The van der Waals surface area contributed by atoms with Gasteiger partial charge in [0.05, 0.1) is 16.5 Å². The van der Waals surface area contributed by atoms with Gasteiger partial charge in [-0.25, -0.2) is 0 Å². The van der Waals surface area contributed by atoms with Crippen LogP contribution >= 0.6 is 0 Å². The van der Waals surface area contributed by atoms with E-state index in [0.29, 0.717) is 16.5 Å². The number of rotatable bonds is 1. The van der Waals surface area contributed by atoms with Crippen LogP contribution in [0.1, 0.15) is 0 Å². The maximum atomic E-state index is 12.9. The van der Waals surface area contributed by atoms with Crippen molar-refractivity contribution in [1.29, 1.82) is 0 Å². The number of aromatic nitrogens is 1. The summed E-state index contributed by atoms with van der Waals surface area (Å²) in [7, 11) is 0. The molecule has 2 aromatic heterocycles. The van der Waals surface area contributed by atoms with Gasteiger partial charge in [0, 0.05) is 16.3 Å². The summed E-state index contributed by atoms with van der Waals surface area (Å²) in [5.74, 6) is 0. The van der Waals surface area contributed by atoms with Crippen molar-refractivity contribution >= 4 is 32.8 Å². The third-order valence-electron chi connectivity index (χ3n) is 4.50. The van der Waals surface area contributed by atoms with Gasteiger partial charge >= 0.3 is 0 Å². The highest BCUT2D eigenvalue weighted by Crippen LogP contribution is 2.31. The smallest absolute Gasteiger partial charge is 0.200 e. The minimum atomic E-state index is -0.0111. The Morgan fingerprint density at radius 3 is 2.38 bits per heavy atom. The van der Waals surface area contributed by atoms with Gasteiger partial charge in [0.15, 0.2) is 5.58 Å². The predicted octanol–water partition coefficient (Wildman–Crippen LogP) is 5.09. The van der Waals surface area contributed by atoms with Gasteiger partial charge in [0.25, 0.3) is 0 Å². The number of H-pyrrole nitrogens is 1. The molecule has 2 heterocycles. The lowest BCUT2D eigenvalue weighted by molar-refractivity contribution is 0.607. The third-order valence-corrected chi connectivity index (χ3v) is 4.50. The van der Waals surface area contributed by atoms with E-state index in [2.05, 4.69) is 11.1 Å². The third kappa shape index (κ3) is 1.75. The van der Waals surface area contributed by atoms with E-state index in [1.165, 1.54) is 0 Å². The highest BCUT2D eigenvalue weighted by atomic mass is 16.3. The first-order valence-corrected chi connectivity index (χ1v) is 7.83. The molecule has 3 nitrogen and oxygen atoms in total. The van der Waals surface area contributed by atoms with E-state index < -0.39 is 0 Å². The zero-order valence-corrected chi connectivity index (χ0v) is 12.7. The zero-order valence-electron chi connectivity index (χ0n) is 12.7. The summed E-state index contributed by atoms with van der Waals surface area (Å²) in [6.45, 7) is 0. The molecule has 0 aliphatic heterocycles. The molecule has 0 unspecified atom stereocenters. The fraction of sp³-hybridized carbons (Fsp3) is 0. The predicted molar refractivity (Wildman–Crippen MR) is 97.3 cm³/mol. The fourth-order valence-electron chi connectivity index (χ4n) is 3.33. The van der Waals surface area contributed by atoms with E-state index in [0.717, 1.165) is 27.4 Å². The van der Waals surface area contributed by atoms with E-state index in [4.69, 9.17) is 4.42 Å². The lowest BCUT2D eigenvalue weighted by Crippen LogP contribution is -2.04. The van der Waals surface area contributed by atoms with E-state index in [1.54, 1.807) is 6.26 Å². The second kappa shape index (κ2) is 4.83. The highest BCUT2D eigenvalue weighted by Gasteiger charge is 2.13. The van der Waals surface area contributed by atoms with Crippen LogP contribution in [-0.4, -0.2) is 4.98 Å². The Kier molecular flexibility index (Phi) is 2.65. The fourth-order valence-corrected chi connectivity index (χ4v) is 3.33. The second-order valence-electron chi connectivity index (χ2n) is 5.88. The summed E-state index contributed by atoms with van der Waals surface area (Å²) in [6.07, 6.45) is 1.56. The number of para-hydroxylation sites is 1. The normalized spacial score (nSPS) is 11.5. The van der Waals surface area contributed by atoms with Crippen LogP contribution in [0, 0.1) is 0 Å². The standard InChI is InChI=1S/C21H13NO2/c23-20-16-11-10-15-14-8-4-5-9-18(14)22-19(15)21(16)24-12-17(20)13-6-2-1-3-7-13/h1-12,22H. The Bertz CT molecular complexity index is 1260. The van der Waals surface area contributed by atoms with E-state index in [-0.39, 0.29) is 5.43 Å². The van der Waals surface area contributed by atoms with Crippen molar-refractivity contribution in [2.75, 3.05) is 0 Å². The first kappa shape index (κ1) is 13.1. The Hall–Kier alpha value is -3.33. The van der Waals surface area contributed by atoms with Crippen molar-refractivity contribution in [2.24, 2.45) is 0 Å². The molecule has 0 radical (unpaired) electrons. The average Bonchev–Trinajstić information content (AvgIpc) is 3.02. The van der Waals surface area contributed by atoms with Gasteiger partial charge in [-0.15, -0.1) is 0 Å². The van der Waals surface area contributed by atoms with Gasteiger partial charge in [0.2, 0.25) is 5.43 Å². The number of fused-ring (bicyclic) bond motifs is 5. The highest BCUT2D eigenvalue weighted by molar-refractivity contribution is 6.15. The molecule has 0 amide bonds. The Labute approximate surface area is 137 Å². The topological polar surface area (TPSA) is 46.0 Å². The van der Waals surface area contributed by atoms with Crippen molar-refractivity contribution in [3.05, 3.63) is 83.2 Å². The Balaban J connectivity index is 1.89. The molecule has 5 rings (SSSR count). The molecule has 0 aliphatic rings. The maximum Gasteiger partial charge on any atom is 0.200 e. The van der Waals surface area contributed by atoms with Crippen LogP contribution in [0.4, 0.5) is 0 Å². The lowest BCUT2D eigenvalue weighted by atomic mass is 10.0. The maximum absolute atomic E-state index is 12.9. The molecule has 0 saturated heterocycles. The van der Waals surface area contributed by atoms with E-state index >= 15 is 0 Å². The van der Waals surface area contributed by atoms with Crippen molar-refractivity contribution in [2.45, 2.75) is 0 Å². The van der Waals surface area contributed by atoms with Gasteiger partial charge in [-0.1, -0.05) is 54.6 Å². The monoisotopic (exact) mass is 311 g/mol. The van der Waals surface area contributed by atoms with Crippen molar-refractivity contribution in [1.82, 2.24) is 4.98 Å². The van der Waals surface area contributed by atoms with Gasteiger partial charge in [0.1, 0.15) is 6.26 Å². The number of benzene rings is 3. The number of nitrogens with one attached hydrogen (secondary N) is 1. The molecule has 0 spiro atoms. The van der Waals surface area contributed by atoms with Crippen LogP contribution in [0.15, 0.2) is 82.2 Å². The molecule has 3 heteroatoms. The van der Waals surface area contributed by atoms with Gasteiger partial charge in [-0.2, -0.15) is 0 Å². The Morgan fingerprint density at radius 1 is 0.750 bits per heavy atom. The summed E-state index contributed by atoms with van der Waals surface area (Å²) < 4.78 is 5.89. The summed E-state index contributed by atoms with van der Waals surface area (Å²) in [6, 6.07) is 21.5. The van der Waals surface area contributed by atoms with Crippen LogP contribution in [0.25, 0.3) is 43.9 Å². The van der Waals surface area contributed by atoms with Crippen molar-refractivity contribution in [3.63, 3.8) is 0 Å². The molecule has 3 aromatic carbocycles. The SMILES string of the molecule is O=c1c(-c2ccccc2)coc2c1ccc1c3ccccc3[nH]c12. The van der Waals surface area contributed by atoms with Crippen molar-refractivity contribution < 1.29 is 4.42 Å². The van der Waals surface area contributed by atoms with Crippen LogP contribution in [0.2, 0.25) is 0 Å². The average molecular weight is 311 g/mol. The molecule has 0 aliphatic carbocycles. The zero-order chi connectivity index (χ0) is 16.1. The van der Waals surface area contributed by atoms with Crippen LogP contribution in [0.3, 0.4) is 0 Å². The second-order valence-corrected chi connectivity index (χ2v) is 5.88. The molecule has 0 atom stereocenters. The van der Waals surface area contributed by atoms with Crippen LogP contribution in [0.5, 0.6) is 0 Å². The molecule has 24 heavy (non-hydrogen) atoms. The summed E-state index contributed by atoms with van der Waals surface area (Å²) in [4.78, 5) is 16.3. The first-order chi connectivity index (χ1) is 11.8. The quantitative estimate of drug-likeness (QED) is 0.468. The molecule has 114 valence electrons. The van der Waals surface area contributed by atoms with E-state index in [1.807, 2.05) is 60.7 Å². The Morgan fingerprint density at radius 2 is 1.50 bits per heavy atom. The number of hydrogen-bond acceptors (Lipinski definition) is 2. The lowest BCUT2D eigenvalue weighted by Gasteiger charge is -2.03. The molecule has 0 saturated carbocycles. The van der Waals surface area contributed by atoms with Gasteiger partial charge < -0.3 is 9.40 Å². The molecule has 1 N–H and O–H groups in total.